The smallest absolute Gasteiger partial charge is 0.0541 e. The van der Waals surface area contributed by atoms with Crippen molar-refractivity contribution in [3.8, 4) is 27.9 Å². The Labute approximate surface area is 304 Å². The summed E-state index contributed by atoms with van der Waals surface area (Å²) in [6.45, 7) is 0. The van der Waals surface area contributed by atoms with Crippen molar-refractivity contribution in [1.82, 2.24) is 4.57 Å². The zero-order valence-electron chi connectivity index (χ0n) is 28.1. The van der Waals surface area contributed by atoms with E-state index in [2.05, 4.69) is 144 Å². The standard InChI is InChI=1S/C48H33NS2/c1-8-22-48(23-9-1)40-13-5-2-10-32(40)36-28-47-39(27-41(36)48)35-19-16-30(25-46(35)51-47)29-17-20-43-37(24-29)33-11-3-6-14-42(33)49(43)31-18-21-45-38(26-31)34-12-4-7-15-44(34)50-45/h2-7,10-21,24-28H,1,8-9,22-23H2. The summed E-state index contributed by atoms with van der Waals surface area (Å²) in [5, 5.41) is 8.06. The van der Waals surface area contributed by atoms with Gasteiger partial charge >= 0.3 is 0 Å². The maximum atomic E-state index is 2.59. The molecule has 0 N–H and O–H groups in total. The number of rotatable bonds is 2. The lowest BCUT2D eigenvalue weighted by Gasteiger charge is -2.36. The molecular weight excluding hydrogens is 655 g/mol. The molecule has 0 amide bonds. The van der Waals surface area contributed by atoms with Gasteiger partial charge in [0, 0.05) is 62.2 Å². The molecule has 51 heavy (non-hydrogen) atoms. The minimum atomic E-state index is 0.185. The normalized spacial score (nSPS) is 15.2. The first kappa shape index (κ1) is 28.5. The molecule has 0 radical (unpaired) electrons. The lowest BCUT2D eigenvalue weighted by atomic mass is 9.68. The Morgan fingerprint density at radius 1 is 0.412 bits per heavy atom. The van der Waals surface area contributed by atoms with Crippen molar-refractivity contribution in [3.05, 3.63) is 151 Å². The van der Waals surface area contributed by atoms with E-state index in [0.717, 1.165) is 0 Å². The molecule has 3 heteroatoms. The van der Waals surface area contributed by atoms with E-state index >= 15 is 0 Å². The van der Waals surface area contributed by atoms with E-state index < -0.39 is 0 Å². The van der Waals surface area contributed by atoms with Crippen molar-refractivity contribution in [1.29, 1.82) is 0 Å². The number of benzene rings is 7. The first-order chi connectivity index (χ1) is 25.2. The highest BCUT2D eigenvalue weighted by Crippen LogP contribution is 2.57. The van der Waals surface area contributed by atoms with Crippen LogP contribution < -0.4 is 0 Å². The molecule has 7 aromatic carbocycles. The molecule has 1 spiro atoms. The Kier molecular flexibility index (Phi) is 5.81. The van der Waals surface area contributed by atoms with E-state index in [1.807, 2.05) is 22.7 Å². The minimum absolute atomic E-state index is 0.185. The number of thiophene rings is 2. The van der Waals surface area contributed by atoms with Crippen molar-refractivity contribution in [2.24, 2.45) is 0 Å². The Morgan fingerprint density at radius 2 is 1.10 bits per heavy atom. The van der Waals surface area contributed by atoms with Gasteiger partial charge < -0.3 is 4.57 Å². The summed E-state index contributed by atoms with van der Waals surface area (Å²) < 4.78 is 7.90. The summed E-state index contributed by atoms with van der Waals surface area (Å²) in [4.78, 5) is 0. The van der Waals surface area contributed by atoms with Crippen molar-refractivity contribution in [3.63, 3.8) is 0 Å². The van der Waals surface area contributed by atoms with Crippen LogP contribution in [0, 0.1) is 0 Å². The average Bonchev–Trinajstić information content (AvgIpc) is 3.91. The van der Waals surface area contributed by atoms with E-state index in [9.17, 15) is 0 Å². The molecule has 1 saturated carbocycles. The number of nitrogens with zero attached hydrogens (tertiary/aromatic N) is 1. The van der Waals surface area contributed by atoms with Crippen LogP contribution >= 0.6 is 22.7 Å². The Bertz CT molecular complexity index is 3070. The van der Waals surface area contributed by atoms with Gasteiger partial charge in [-0.25, -0.2) is 0 Å². The predicted octanol–water partition coefficient (Wildman–Crippen LogP) is 14.4. The maximum absolute atomic E-state index is 2.59. The molecule has 1 nitrogen and oxygen atoms in total. The number of fused-ring (bicyclic) bond motifs is 14. The van der Waals surface area contributed by atoms with Gasteiger partial charge in [-0.05, 0) is 107 Å². The molecule has 3 aromatic heterocycles. The monoisotopic (exact) mass is 687 g/mol. The van der Waals surface area contributed by atoms with Gasteiger partial charge in [0.05, 0.1) is 11.0 Å². The molecule has 0 unspecified atom stereocenters. The molecule has 10 aromatic rings. The zero-order chi connectivity index (χ0) is 33.3. The zero-order valence-corrected chi connectivity index (χ0v) is 29.7. The topological polar surface area (TPSA) is 4.93 Å². The van der Waals surface area contributed by atoms with Crippen LogP contribution in [0.1, 0.15) is 43.2 Å². The summed E-state index contributed by atoms with van der Waals surface area (Å²) in [5.74, 6) is 0. The SMILES string of the molecule is c1ccc2c(c1)-c1cc3sc4cc(-c5ccc6c(c5)c5ccccc5n6-c5ccc6sc7ccccc7c6c5)ccc4c3cc1C21CCCCC1. The first-order valence-electron chi connectivity index (χ1n) is 18.3. The van der Waals surface area contributed by atoms with E-state index in [0.29, 0.717) is 0 Å². The third-order valence-electron chi connectivity index (χ3n) is 12.2. The second-order valence-electron chi connectivity index (χ2n) is 14.8. The second kappa shape index (κ2) is 10.4. The van der Waals surface area contributed by atoms with Crippen LogP contribution in [0.15, 0.2) is 140 Å². The Balaban J connectivity index is 1.00. The lowest BCUT2D eigenvalue weighted by molar-refractivity contribution is 0.353. The highest BCUT2D eigenvalue weighted by molar-refractivity contribution is 7.26. The summed E-state index contributed by atoms with van der Waals surface area (Å²) in [6, 6.07) is 53.2. The molecule has 0 saturated heterocycles. The number of para-hydroxylation sites is 1. The Hall–Kier alpha value is -5.22. The van der Waals surface area contributed by atoms with E-state index in [1.165, 1.54) is 122 Å². The molecule has 12 rings (SSSR count). The van der Waals surface area contributed by atoms with Gasteiger partial charge in [0.1, 0.15) is 0 Å². The van der Waals surface area contributed by atoms with Gasteiger partial charge in [0.15, 0.2) is 0 Å². The molecule has 0 aliphatic heterocycles. The van der Waals surface area contributed by atoms with Crippen LogP contribution in [0.25, 0.3) is 90.1 Å². The van der Waals surface area contributed by atoms with Gasteiger partial charge in [-0.2, -0.15) is 0 Å². The van der Waals surface area contributed by atoms with Crippen molar-refractivity contribution >= 4 is 84.8 Å². The molecule has 0 atom stereocenters. The van der Waals surface area contributed by atoms with Gasteiger partial charge in [0.25, 0.3) is 0 Å². The molecule has 1 fully saturated rings. The second-order valence-corrected chi connectivity index (χ2v) is 16.9. The van der Waals surface area contributed by atoms with Gasteiger partial charge in [-0.15, -0.1) is 22.7 Å². The third-order valence-corrected chi connectivity index (χ3v) is 14.5. The van der Waals surface area contributed by atoms with Crippen molar-refractivity contribution in [2.75, 3.05) is 0 Å². The van der Waals surface area contributed by atoms with Crippen LogP contribution in [-0.2, 0) is 5.41 Å². The highest BCUT2D eigenvalue weighted by atomic mass is 32.1. The van der Waals surface area contributed by atoms with E-state index in [4.69, 9.17) is 0 Å². The van der Waals surface area contributed by atoms with E-state index in [-0.39, 0.29) is 5.41 Å². The Morgan fingerprint density at radius 3 is 2.04 bits per heavy atom. The minimum Gasteiger partial charge on any atom is -0.309 e. The fraction of sp³-hybridized carbons (Fsp3) is 0.125. The summed E-state index contributed by atoms with van der Waals surface area (Å²) in [6.07, 6.45) is 6.55. The summed E-state index contributed by atoms with van der Waals surface area (Å²) in [5.41, 5.74) is 12.5. The molecule has 2 aliphatic rings. The number of hydrogen-bond donors (Lipinski definition) is 0. The quantitative estimate of drug-likeness (QED) is 0.170. The number of hydrogen-bond acceptors (Lipinski definition) is 2. The number of aromatic nitrogens is 1. The summed E-state index contributed by atoms with van der Waals surface area (Å²) in [7, 11) is 0. The van der Waals surface area contributed by atoms with Crippen LogP contribution in [0.3, 0.4) is 0 Å². The molecule has 3 heterocycles. The molecule has 0 bridgehead atoms. The largest absolute Gasteiger partial charge is 0.309 e. The molecule has 242 valence electrons. The predicted molar refractivity (Wildman–Crippen MR) is 221 cm³/mol. The van der Waals surface area contributed by atoms with Gasteiger partial charge in [-0.1, -0.05) is 98.1 Å². The first-order valence-corrected chi connectivity index (χ1v) is 19.9. The fourth-order valence-corrected chi connectivity index (χ4v) is 12.1. The van der Waals surface area contributed by atoms with Crippen LogP contribution in [0.4, 0.5) is 0 Å². The molecular formula is C48H33NS2. The highest BCUT2D eigenvalue weighted by Gasteiger charge is 2.43. The maximum Gasteiger partial charge on any atom is 0.0541 e. The lowest BCUT2D eigenvalue weighted by Crippen LogP contribution is -2.27. The van der Waals surface area contributed by atoms with Gasteiger partial charge in [0.2, 0.25) is 0 Å². The average molecular weight is 688 g/mol. The van der Waals surface area contributed by atoms with Crippen LogP contribution in [0.2, 0.25) is 0 Å². The van der Waals surface area contributed by atoms with E-state index in [1.54, 1.807) is 11.1 Å². The van der Waals surface area contributed by atoms with Crippen molar-refractivity contribution in [2.45, 2.75) is 37.5 Å². The van der Waals surface area contributed by atoms with Crippen LogP contribution in [-0.4, -0.2) is 4.57 Å². The van der Waals surface area contributed by atoms with Gasteiger partial charge in [-0.3, -0.25) is 0 Å². The van der Waals surface area contributed by atoms with Crippen molar-refractivity contribution < 1.29 is 0 Å². The van der Waals surface area contributed by atoms with Crippen LogP contribution in [0.5, 0.6) is 0 Å². The summed E-state index contributed by atoms with van der Waals surface area (Å²) >= 11 is 3.83. The third kappa shape index (κ3) is 3.91. The molecule has 2 aliphatic carbocycles. The fourth-order valence-electron chi connectivity index (χ4n) is 9.88.